The fourth-order valence-corrected chi connectivity index (χ4v) is 3.50. The predicted octanol–water partition coefficient (Wildman–Crippen LogP) is 2.70. The van der Waals surface area contributed by atoms with E-state index in [4.69, 9.17) is 4.74 Å². The van der Waals surface area contributed by atoms with Crippen LogP contribution < -0.4 is 9.92 Å². The average molecular weight is 263 g/mol. The highest BCUT2D eigenvalue weighted by atomic mass is 28.3. The van der Waals surface area contributed by atoms with E-state index in [-0.39, 0.29) is 0 Å². The Morgan fingerprint density at radius 2 is 1.61 bits per heavy atom. The fourth-order valence-electron chi connectivity index (χ4n) is 2.33. The van der Waals surface area contributed by atoms with E-state index in [1.165, 1.54) is 5.19 Å². The van der Waals surface area contributed by atoms with Gasteiger partial charge in [0.1, 0.15) is 11.9 Å². The second-order valence-corrected chi connectivity index (χ2v) is 11.5. The first kappa shape index (κ1) is 13.6. The SMILES string of the molecule is CN1CCC(Oc2ccc([Si](C)(C)C)cc2)CC1. The van der Waals surface area contributed by atoms with Crippen molar-refractivity contribution in [3.05, 3.63) is 24.3 Å². The highest BCUT2D eigenvalue weighted by Gasteiger charge is 2.19. The zero-order valence-corrected chi connectivity index (χ0v) is 13.1. The van der Waals surface area contributed by atoms with Gasteiger partial charge in [-0.25, -0.2) is 0 Å². The van der Waals surface area contributed by atoms with Gasteiger partial charge in [-0.05, 0) is 32.0 Å². The summed E-state index contributed by atoms with van der Waals surface area (Å²) in [6, 6.07) is 8.78. The Morgan fingerprint density at radius 3 is 2.11 bits per heavy atom. The summed E-state index contributed by atoms with van der Waals surface area (Å²) in [6.45, 7) is 9.43. The minimum atomic E-state index is -1.18. The van der Waals surface area contributed by atoms with E-state index in [1.54, 1.807) is 0 Å². The summed E-state index contributed by atoms with van der Waals surface area (Å²) in [5.74, 6) is 1.03. The zero-order chi connectivity index (χ0) is 13.2. The number of benzene rings is 1. The van der Waals surface area contributed by atoms with Crippen LogP contribution in [0.15, 0.2) is 24.3 Å². The first-order valence-electron chi connectivity index (χ1n) is 6.91. The molecule has 1 heterocycles. The van der Waals surface area contributed by atoms with Gasteiger partial charge in [0, 0.05) is 13.1 Å². The van der Waals surface area contributed by atoms with Crippen LogP contribution in [0.5, 0.6) is 5.75 Å². The number of piperidine rings is 1. The third kappa shape index (κ3) is 3.59. The van der Waals surface area contributed by atoms with Crippen LogP contribution in [0, 0.1) is 0 Å². The number of hydrogen-bond acceptors (Lipinski definition) is 2. The van der Waals surface area contributed by atoms with Crippen molar-refractivity contribution in [3.8, 4) is 5.75 Å². The highest BCUT2D eigenvalue weighted by molar-refractivity contribution is 6.88. The Bertz CT molecular complexity index is 374. The van der Waals surface area contributed by atoms with Crippen LogP contribution in [0.3, 0.4) is 0 Å². The van der Waals surface area contributed by atoms with Crippen molar-refractivity contribution in [3.63, 3.8) is 0 Å². The lowest BCUT2D eigenvalue weighted by Crippen LogP contribution is -2.37. The Labute approximate surface area is 112 Å². The van der Waals surface area contributed by atoms with E-state index >= 15 is 0 Å². The standard InChI is InChI=1S/C15H25NOSi/c1-16-11-9-14(10-12-16)17-13-5-7-15(8-6-13)18(2,3)4/h5-8,14H,9-12H2,1-4H3. The smallest absolute Gasteiger partial charge is 0.119 e. The predicted molar refractivity (Wildman–Crippen MR) is 80.6 cm³/mol. The van der Waals surface area contributed by atoms with Gasteiger partial charge in [-0.2, -0.15) is 0 Å². The van der Waals surface area contributed by atoms with Crippen molar-refractivity contribution < 1.29 is 4.74 Å². The van der Waals surface area contributed by atoms with Crippen molar-refractivity contribution >= 4 is 13.3 Å². The number of ether oxygens (including phenoxy) is 1. The summed E-state index contributed by atoms with van der Waals surface area (Å²) in [6.07, 6.45) is 2.69. The molecule has 0 radical (unpaired) electrons. The lowest BCUT2D eigenvalue weighted by atomic mass is 10.1. The largest absolute Gasteiger partial charge is 0.490 e. The molecule has 0 atom stereocenters. The fraction of sp³-hybridized carbons (Fsp3) is 0.600. The van der Waals surface area contributed by atoms with Crippen LogP contribution in [0.2, 0.25) is 19.6 Å². The average Bonchev–Trinajstić information content (AvgIpc) is 2.32. The molecule has 0 saturated carbocycles. The summed E-state index contributed by atoms with van der Waals surface area (Å²) in [5.41, 5.74) is 0. The Kier molecular flexibility index (Phi) is 4.13. The molecule has 1 aromatic rings. The minimum Gasteiger partial charge on any atom is -0.490 e. The summed E-state index contributed by atoms with van der Waals surface area (Å²) in [5, 5.41) is 1.50. The number of rotatable bonds is 3. The second kappa shape index (κ2) is 5.45. The molecule has 1 aliphatic rings. The Balaban J connectivity index is 1.94. The van der Waals surface area contributed by atoms with Gasteiger partial charge < -0.3 is 9.64 Å². The third-order valence-corrected chi connectivity index (χ3v) is 5.75. The van der Waals surface area contributed by atoms with Crippen molar-refractivity contribution in [1.29, 1.82) is 0 Å². The van der Waals surface area contributed by atoms with E-state index < -0.39 is 8.07 Å². The first-order chi connectivity index (χ1) is 8.45. The molecule has 0 unspecified atom stereocenters. The molecule has 0 bridgehead atoms. The molecular formula is C15H25NOSi. The molecule has 1 aliphatic heterocycles. The Morgan fingerprint density at radius 1 is 1.06 bits per heavy atom. The number of hydrogen-bond donors (Lipinski definition) is 0. The lowest BCUT2D eigenvalue weighted by molar-refractivity contribution is 0.114. The lowest BCUT2D eigenvalue weighted by Gasteiger charge is -2.29. The van der Waals surface area contributed by atoms with Gasteiger partial charge in [-0.3, -0.25) is 0 Å². The molecule has 100 valence electrons. The molecule has 3 heteroatoms. The van der Waals surface area contributed by atoms with Crippen LogP contribution in [-0.2, 0) is 0 Å². The number of nitrogens with zero attached hydrogens (tertiary/aromatic N) is 1. The second-order valence-electron chi connectivity index (χ2n) is 6.39. The molecule has 0 aromatic heterocycles. The van der Waals surface area contributed by atoms with Crippen LogP contribution >= 0.6 is 0 Å². The topological polar surface area (TPSA) is 12.5 Å². The third-order valence-electron chi connectivity index (χ3n) is 3.69. The van der Waals surface area contributed by atoms with E-state index in [2.05, 4.69) is 55.9 Å². The highest BCUT2D eigenvalue weighted by Crippen LogP contribution is 2.18. The van der Waals surface area contributed by atoms with E-state index in [9.17, 15) is 0 Å². The van der Waals surface area contributed by atoms with Crippen molar-refractivity contribution in [2.75, 3.05) is 20.1 Å². The van der Waals surface area contributed by atoms with Crippen LogP contribution in [0.25, 0.3) is 0 Å². The number of likely N-dealkylation sites (tertiary alicyclic amines) is 1. The molecule has 2 nitrogen and oxygen atoms in total. The first-order valence-corrected chi connectivity index (χ1v) is 10.4. The van der Waals surface area contributed by atoms with Gasteiger partial charge in [0.05, 0.1) is 8.07 Å². The van der Waals surface area contributed by atoms with Gasteiger partial charge in [0.15, 0.2) is 0 Å². The molecule has 2 rings (SSSR count). The molecular weight excluding hydrogens is 238 g/mol. The van der Waals surface area contributed by atoms with E-state index in [1.807, 2.05) is 0 Å². The van der Waals surface area contributed by atoms with Gasteiger partial charge >= 0.3 is 0 Å². The molecule has 1 fully saturated rings. The van der Waals surface area contributed by atoms with Crippen LogP contribution in [0.1, 0.15) is 12.8 Å². The monoisotopic (exact) mass is 263 g/mol. The zero-order valence-electron chi connectivity index (χ0n) is 12.1. The summed E-state index contributed by atoms with van der Waals surface area (Å²) in [7, 11) is 1.000. The minimum absolute atomic E-state index is 0.402. The van der Waals surface area contributed by atoms with Crippen molar-refractivity contribution in [2.24, 2.45) is 0 Å². The quantitative estimate of drug-likeness (QED) is 0.778. The maximum atomic E-state index is 6.06. The van der Waals surface area contributed by atoms with Crippen molar-refractivity contribution in [2.45, 2.75) is 38.6 Å². The van der Waals surface area contributed by atoms with Crippen LogP contribution in [-0.4, -0.2) is 39.2 Å². The summed E-state index contributed by atoms with van der Waals surface area (Å²) in [4.78, 5) is 2.37. The van der Waals surface area contributed by atoms with Gasteiger partial charge in [-0.1, -0.05) is 37.0 Å². The van der Waals surface area contributed by atoms with Crippen LogP contribution in [0.4, 0.5) is 0 Å². The van der Waals surface area contributed by atoms with E-state index in [0.717, 1.165) is 31.7 Å². The molecule has 0 aliphatic carbocycles. The Hall–Kier alpha value is -0.803. The maximum absolute atomic E-state index is 6.06. The molecule has 0 amide bonds. The maximum Gasteiger partial charge on any atom is 0.119 e. The van der Waals surface area contributed by atoms with E-state index in [0.29, 0.717) is 6.10 Å². The summed E-state index contributed by atoms with van der Waals surface area (Å²) >= 11 is 0. The van der Waals surface area contributed by atoms with Gasteiger partial charge in [0.25, 0.3) is 0 Å². The molecule has 0 N–H and O–H groups in total. The van der Waals surface area contributed by atoms with Gasteiger partial charge in [0.2, 0.25) is 0 Å². The van der Waals surface area contributed by atoms with Gasteiger partial charge in [-0.15, -0.1) is 0 Å². The van der Waals surface area contributed by atoms with Crippen molar-refractivity contribution in [1.82, 2.24) is 4.90 Å². The molecule has 0 spiro atoms. The molecule has 18 heavy (non-hydrogen) atoms. The summed E-state index contributed by atoms with van der Waals surface area (Å²) < 4.78 is 6.06. The normalized spacial score (nSPS) is 18.9. The molecule has 1 saturated heterocycles. The molecule has 1 aromatic carbocycles.